The van der Waals surface area contributed by atoms with Gasteiger partial charge in [-0.1, -0.05) is 48.5 Å². The van der Waals surface area contributed by atoms with E-state index >= 15 is 0 Å². The SMILES string of the molecule is O=c1cc(CNc2ccc(-c3ccccc3)cc2)nc2ccccn12. The van der Waals surface area contributed by atoms with Gasteiger partial charge in [-0.15, -0.1) is 0 Å². The van der Waals surface area contributed by atoms with Crippen LogP contribution in [0.1, 0.15) is 5.69 Å². The van der Waals surface area contributed by atoms with Gasteiger partial charge in [0.25, 0.3) is 5.56 Å². The monoisotopic (exact) mass is 327 g/mol. The van der Waals surface area contributed by atoms with E-state index < -0.39 is 0 Å². The number of hydrogen-bond acceptors (Lipinski definition) is 3. The van der Waals surface area contributed by atoms with E-state index in [9.17, 15) is 4.79 Å². The molecule has 0 bridgehead atoms. The number of pyridine rings is 1. The van der Waals surface area contributed by atoms with Crippen molar-refractivity contribution in [1.82, 2.24) is 9.38 Å². The minimum atomic E-state index is -0.0678. The third kappa shape index (κ3) is 3.28. The molecule has 0 saturated carbocycles. The first-order valence-electron chi connectivity index (χ1n) is 8.16. The molecule has 4 nitrogen and oxygen atoms in total. The molecule has 1 N–H and O–H groups in total. The molecule has 4 rings (SSSR count). The molecule has 0 spiro atoms. The Balaban J connectivity index is 1.51. The summed E-state index contributed by atoms with van der Waals surface area (Å²) < 4.78 is 1.54. The van der Waals surface area contributed by atoms with E-state index in [-0.39, 0.29) is 5.56 Å². The zero-order valence-electron chi connectivity index (χ0n) is 13.6. The Kier molecular flexibility index (Phi) is 4.01. The van der Waals surface area contributed by atoms with E-state index in [2.05, 4.69) is 34.6 Å². The van der Waals surface area contributed by atoms with Crippen LogP contribution in [-0.4, -0.2) is 9.38 Å². The maximum Gasteiger partial charge on any atom is 0.258 e. The summed E-state index contributed by atoms with van der Waals surface area (Å²) in [6, 6.07) is 25.6. The molecule has 4 heteroatoms. The van der Waals surface area contributed by atoms with Crippen LogP contribution in [0.3, 0.4) is 0 Å². The van der Waals surface area contributed by atoms with E-state index in [0.29, 0.717) is 12.2 Å². The Morgan fingerprint density at radius 2 is 1.56 bits per heavy atom. The fourth-order valence-electron chi connectivity index (χ4n) is 2.80. The number of aromatic nitrogens is 2. The Labute approximate surface area is 145 Å². The molecule has 0 amide bonds. The predicted octanol–water partition coefficient (Wildman–Crippen LogP) is 3.97. The number of nitrogens with zero attached hydrogens (tertiary/aromatic N) is 2. The van der Waals surface area contributed by atoms with Gasteiger partial charge >= 0.3 is 0 Å². The number of anilines is 1. The van der Waals surface area contributed by atoms with Crippen LogP contribution in [0.4, 0.5) is 5.69 Å². The molecule has 4 aromatic rings. The number of fused-ring (bicyclic) bond motifs is 1. The zero-order valence-corrected chi connectivity index (χ0v) is 13.6. The highest BCUT2D eigenvalue weighted by atomic mass is 16.1. The lowest BCUT2D eigenvalue weighted by molar-refractivity contribution is 0.971. The smallest absolute Gasteiger partial charge is 0.258 e. The molecule has 2 aromatic heterocycles. The molecule has 0 fully saturated rings. The van der Waals surface area contributed by atoms with E-state index in [4.69, 9.17) is 0 Å². The van der Waals surface area contributed by atoms with Crippen molar-refractivity contribution in [3.05, 3.63) is 101 Å². The van der Waals surface area contributed by atoms with Crippen LogP contribution in [0, 0.1) is 0 Å². The molecule has 2 aromatic carbocycles. The maximum atomic E-state index is 12.1. The first kappa shape index (κ1) is 15.1. The second-order valence-corrected chi connectivity index (χ2v) is 5.81. The van der Waals surface area contributed by atoms with Gasteiger partial charge in [-0.2, -0.15) is 0 Å². The van der Waals surface area contributed by atoms with Crippen LogP contribution in [-0.2, 0) is 6.54 Å². The molecule has 25 heavy (non-hydrogen) atoms. The summed E-state index contributed by atoms with van der Waals surface area (Å²) in [7, 11) is 0. The fraction of sp³-hybridized carbons (Fsp3) is 0.0476. The van der Waals surface area contributed by atoms with Crippen molar-refractivity contribution in [2.75, 3.05) is 5.32 Å². The molecule has 0 unspecified atom stereocenters. The zero-order chi connectivity index (χ0) is 17.1. The van der Waals surface area contributed by atoms with Crippen molar-refractivity contribution < 1.29 is 0 Å². The molecule has 0 atom stereocenters. The van der Waals surface area contributed by atoms with Crippen molar-refractivity contribution >= 4 is 11.3 Å². The lowest BCUT2D eigenvalue weighted by Crippen LogP contribution is -2.16. The quantitative estimate of drug-likeness (QED) is 0.617. The van der Waals surface area contributed by atoms with Crippen molar-refractivity contribution in [3.63, 3.8) is 0 Å². The number of nitrogens with one attached hydrogen (secondary N) is 1. The third-order valence-electron chi connectivity index (χ3n) is 4.09. The van der Waals surface area contributed by atoms with Gasteiger partial charge in [-0.05, 0) is 35.4 Å². The highest BCUT2D eigenvalue weighted by Crippen LogP contribution is 2.21. The molecule has 0 aliphatic rings. The van der Waals surface area contributed by atoms with Gasteiger partial charge in [0.05, 0.1) is 12.2 Å². The Morgan fingerprint density at radius 3 is 2.36 bits per heavy atom. The molecule has 2 heterocycles. The van der Waals surface area contributed by atoms with Gasteiger partial charge in [-0.25, -0.2) is 4.98 Å². The summed E-state index contributed by atoms with van der Waals surface area (Å²) in [5, 5.41) is 3.32. The van der Waals surface area contributed by atoms with Crippen LogP contribution in [0.25, 0.3) is 16.8 Å². The molecule has 0 radical (unpaired) electrons. The average molecular weight is 327 g/mol. The second-order valence-electron chi connectivity index (χ2n) is 5.81. The van der Waals surface area contributed by atoms with E-state index in [1.165, 1.54) is 15.5 Å². The van der Waals surface area contributed by atoms with Crippen LogP contribution in [0.15, 0.2) is 89.9 Å². The Hall–Kier alpha value is -3.40. The molecule has 0 aliphatic heterocycles. The minimum absolute atomic E-state index is 0.0678. The minimum Gasteiger partial charge on any atom is -0.379 e. The fourth-order valence-corrected chi connectivity index (χ4v) is 2.80. The number of rotatable bonds is 4. The van der Waals surface area contributed by atoms with Crippen LogP contribution in [0.5, 0.6) is 0 Å². The summed E-state index contributed by atoms with van der Waals surface area (Å²) in [5.41, 5.74) is 4.68. The van der Waals surface area contributed by atoms with Crippen molar-refractivity contribution in [2.45, 2.75) is 6.54 Å². The lowest BCUT2D eigenvalue weighted by Gasteiger charge is -2.08. The van der Waals surface area contributed by atoms with Gasteiger partial charge in [0.15, 0.2) is 0 Å². The van der Waals surface area contributed by atoms with Gasteiger partial charge in [0, 0.05) is 18.0 Å². The Bertz CT molecular complexity index is 1050. The summed E-state index contributed by atoms with van der Waals surface area (Å²) in [5.74, 6) is 0. The summed E-state index contributed by atoms with van der Waals surface area (Å²) >= 11 is 0. The first-order valence-corrected chi connectivity index (χ1v) is 8.16. The molecule has 0 saturated heterocycles. The van der Waals surface area contributed by atoms with Gasteiger partial charge < -0.3 is 5.32 Å². The highest BCUT2D eigenvalue weighted by Gasteiger charge is 2.02. The van der Waals surface area contributed by atoms with Gasteiger partial charge in [-0.3, -0.25) is 9.20 Å². The van der Waals surface area contributed by atoms with Gasteiger partial charge in [0.2, 0.25) is 0 Å². The summed E-state index contributed by atoms with van der Waals surface area (Å²) in [6.45, 7) is 0.505. The number of benzene rings is 2. The molecular weight excluding hydrogens is 310 g/mol. The number of hydrogen-bond donors (Lipinski definition) is 1. The first-order chi connectivity index (χ1) is 12.3. The Morgan fingerprint density at radius 1 is 0.840 bits per heavy atom. The standard InChI is InChI=1S/C21H17N3O/c25-21-14-19(23-20-8-4-5-13-24(20)21)15-22-18-11-9-17(10-12-18)16-6-2-1-3-7-16/h1-14,22H,15H2. The topological polar surface area (TPSA) is 46.4 Å². The van der Waals surface area contributed by atoms with Crippen LogP contribution >= 0.6 is 0 Å². The molecule has 122 valence electrons. The lowest BCUT2D eigenvalue weighted by atomic mass is 10.1. The summed E-state index contributed by atoms with van der Waals surface area (Å²) in [4.78, 5) is 16.6. The maximum absolute atomic E-state index is 12.1. The average Bonchev–Trinajstić information content (AvgIpc) is 2.68. The van der Waals surface area contributed by atoms with Crippen LogP contribution in [0.2, 0.25) is 0 Å². The van der Waals surface area contributed by atoms with Crippen molar-refractivity contribution in [3.8, 4) is 11.1 Å². The normalized spacial score (nSPS) is 10.7. The largest absolute Gasteiger partial charge is 0.379 e. The van der Waals surface area contributed by atoms with E-state index in [1.807, 2.05) is 48.5 Å². The predicted molar refractivity (Wildman–Crippen MR) is 101 cm³/mol. The molecular formula is C21H17N3O. The van der Waals surface area contributed by atoms with Gasteiger partial charge in [0.1, 0.15) is 5.65 Å². The van der Waals surface area contributed by atoms with Crippen molar-refractivity contribution in [2.24, 2.45) is 0 Å². The second kappa shape index (κ2) is 6.61. The molecule has 0 aliphatic carbocycles. The van der Waals surface area contributed by atoms with Crippen LogP contribution < -0.4 is 10.9 Å². The van der Waals surface area contributed by atoms with E-state index in [0.717, 1.165) is 11.4 Å². The van der Waals surface area contributed by atoms with E-state index in [1.54, 1.807) is 12.3 Å². The third-order valence-corrected chi connectivity index (χ3v) is 4.09. The van der Waals surface area contributed by atoms with Crippen molar-refractivity contribution in [1.29, 1.82) is 0 Å². The highest BCUT2D eigenvalue weighted by molar-refractivity contribution is 5.65. The summed E-state index contributed by atoms with van der Waals surface area (Å²) in [6.07, 6.45) is 1.73.